The Labute approximate surface area is 102 Å². The standard InChI is InChI=1S/C13H20FNS/c1-9(2)10(3)15-8-11-7-12(14)5-6-13(11)16-4/h5-7,9-10,15H,8H2,1-4H3. The van der Waals surface area contributed by atoms with Gasteiger partial charge in [0.05, 0.1) is 0 Å². The summed E-state index contributed by atoms with van der Waals surface area (Å²) >= 11 is 1.66. The van der Waals surface area contributed by atoms with Crippen molar-refractivity contribution in [2.75, 3.05) is 6.26 Å². The lowest BCUT2D eigenvalue weighted by molar-refractivity contribution is 0.424. The molecule has 16 heavy (non-hydrogen) atoms. The zero-order valence-electron chi connectivity index (χ0n) is 10.4. The van der Waals surface area contributed by atoms with E-state index in [1.807, 2.05) is 12.3 Å². The van der Waals surface area contributed by atoms with E-state index in [2.05, 4.69) is 26.1 Å². The lowest BCUT2D eigenvalue weighted by Crippen LogP contribution is -2.30. The van der Waals surface area contributed by atoms with Crippen LogP contribution in [0.15, 0.2) is 23.1 Å². The summed E-state index contributed by atoms with van der Waals surface area (Å²) in [5.74, 6) is 0.429. The van der Waals surface area contributed by atoms with E-state index in [0.29, 0.717) is 12.0 Å². The molecule has 0 aliphatic heterocycles. The second-order valence-electron chi connectivity index (χ2n) is 4.37. The van der Waals surface area contributed by atoms with Gasteiger partial charge in [0.15, 0.2) is 0 Å². The van der Waals surface area contributed by atoms with E-state index >= 15 is 0 Å². The van der Waals surface area contributed by atoms with Crippen molar-refractivity contribution in [1.29, 1.82) is 0 Å². The van der Waals surface area contributed by atoms with Gasteiger partial charge in [-0.3, -0.25) is 0 Å². The van der Waals surface area contributed by atoms with E-state index in [0.717, 1.165) is 17.0 Å². The molecule has 1 nitrogen and oxygen atoms in total. The maximum absolute atomic E-state index is 13.1. The first kappa shape index (κ1) is 13.5. The third-order valence-corrected chi connectivity index (χ3v) is 3.70. The van der Waals surface area contributed by atoms with Gasteiger partial charge in [-0.15, -0.1) is 11.8 Å². The average Bonchev–Trinajstić information content (AvgIpc) is 2.25. The second kappa shape index (κ2) is 6.26. The Hall–Kier alpha value is -0.540. The molecule has 0 bridgehead atoms. The first-order valence-corrected chi connectivity index (χ1v) is 6.83. The predicted octanol–water partition coefficient (Wildman–Crippen LogP) is 3.68. The van der Waals surface area contributed by atoms with Crippen LogP contribution < -0.4 is 5.32 Å². The number of benzene rings is 1. The zero-order valence-corrected chi connectivity index (χ0v) is 11.2. The van der Waals surface area contributed by atoms with Crippen LogP contribution in [0, 0.1) is 11.7 Å². The molecule has 3 heteroatoms. The van der Waals surface area contributed by atoms with Crippen LogP contribution in [0.4, 0.5) is 4.39 Å². The van der Waals surface area contributed by atoms with Crippen LogP contribution in [0.2, 0.25) is 0 Å². The molecule has 1 rings (SSSR count). The summed E-state index contributed by atoms with van der Waals surface area (Å²) in [6.45, 7) is 7.24. The Bertz CT molecular complexity index is 339. The van der Waals surface area contributed by atoms with Gasteiger partial charge in [-0.2, -0.15) is 0 Å². The lowest BCUT2D eigenvalue weighted by Gasteiger charge is -2.18. The Kier molecular flexibility index (Phi) is 5.29. The summed E-state index contributed by atoms with van der Waals surface area (Å²) in [5, 5.41) is 3.42. The normalized spacial score (nSPS) is 13.1. The van der Waals surface area contributed by atoms with E-state index in [4.69, 9.17) is 0 Å². The van der Waals surface area contributed by atoms with Crippen molar-refractivity contribution in [3.8, 4) is 0 Å². The molecule has 0 fully saturated rings. The van der Waals surface area contributed by atoms with Crippen LogP contribution in [0.5, 0.6) is 0 Å². The fourth-order valence-corrected chi connectivity index (χ4v) is 1.99. The quantitative estimate of drug-likeness (QED) is 0.789. The third kappa shape index (κ3) is 3.80. The van der Waals surface area contributed by atoms with E-state index in [9.17, 15) is 4.39 Å². The summed E-state index contributed by atoms with van der Waals surface area (Å²) in [5.41, 5.74) is 1.04. The topological polar surface area (TPSA) is 12.0 Å². The number of rotatable bonds is 5. The minimum Gasteiger partial charge on any atom is -0.310 e. The molecule has 0 aromatic heterocycles. The highest BCUT2D eigenvalue weighted by Gasteiger charge is 2.08. The van der Waals surface area contributed by atoms with Gasteiger partial charge in [0, 0.05) is 17.5 Å². The van der Waals surface area contributed by atoms with Gasteiger partial charge in [-0.25, -0.2) is 4.39 Å². The molecule has 0 radical (unpaired) electrons. The first-order chi connectivity index (χ1) is 7.54. The SMILES string of the molecule is CSc1ccc(F)cc1CNC(C)C(C)C. The highest BCUT2D eigenvalue weighted by molar-refractivity contribution is 7.98. The lowest BCUT2D eigenvalue weighted by atomic mass is 10.1. The molecule has 0 saturated heterocycles. The van der Waals surface area contributed by atoms with Crippen molar-refractivity contribution in [3.63, 3.8) is 0 Å². The molecule has 1 aromatic rings. The van der Waals surface area contributed by atoms with Crippen molar-refractivity contribution in [2.24, 2.45) is 5.92 Å². The van der Waals surface area contributed by atoms with Crippen LogP contribution in [-0.4, -0.2) is 12.3 Å². The van der Waals surface area contributed by atoms with Crippen molar-refractivity contribution < 1.29 is 4.39 Å². The maximum Gasteiger partial charge on any atom is 0.123 e. The van der Waals surface area contributed by atoms with Gasteiger partial charge in [-0.1, -0.05) is 13.8 Å². The summed E-state index contributed by atoms with van der Waals surface area (Å²) in [7, 11) is 0. The number of halogens is 1. The van der Waals surface area contributed by atoms with Gasteiger partial charge in [0.2, 0.25) is 0 Å². The highest BCUT2D eigenvalue weighted by atomic mass is 32.2. The Morgan fingerprint density at radius 3 is 2.56 bits per heavy atom. The van der Waals surface area contributed by atoms with Crippen molar-refractivity contribution in [1.82, 2.24) is 5.32 Å². The van der Waals surface area contributed by atoms with E-state index < -0.39 is 0 Å². The molecule has 0 saturated carbocycles. The predicted molar refractivity (Wildman–Crippen MR) is 69.3 cm³/mol. The Balaban J connectivity index is 2.68. The molecular formula is C13H20FNS. The van der Waals surface area contributed by atoms with E-state index in [-0.39, 0.29) is 5.82 Å². The minimum absolute atomic E-state index is 0.160. The molecular weight excluding hydrogens is 221 g/mol. The molecule has 0 aliphatic rings. The van der Waals surface area contributed by atoms with Gasteiger partial charge in [-0.05, 0) is 42.9 Å². The summed E-state index contributed by atoms with van der Waals surface area (Å²) < 4.78 is 13.1. The summed E-state index contributed by atoms with van der Waals surface area (Å²) in [4.78, 5) is 1.14. The zero-order chi connectivity index (χ0) is 12.1. The first-order valence-electron chi connectivity index (χ1n) is 5.60. The van der Waals surface area contributed by atoms with Gasteiger partial charge in [0.25, 0.3) is 0 Å². The molecule has 0 heterocycles. The summed E-state index contributed by atoms with van der Waals surface area (Å²) in [6, 6.07) is 5.42. The van der Waals surface area contributed by atoms with Gasteiger partial charge >= 0.3 is 0 Å². The second-order valence-corrected chi connectivity index (χ2v) is 5.22. The third-order valence-electron chi connectivity index (χ3n) is 2.86. The van der Waals surface area contributed by atoms with Crippen LogP contribution >= 0.6 is 11.8 Å². The number of hydrogen-bond donors (Lipinski definition) is 1. The molecule has 0 aliphatic carbocycles. The van der Waals surface area contributed by atoms with Crippen molar-refractivity contribution in [2.45, 2.75) is 38.3 Å². The molecule has 1 unspecified atom stereocenters. The average molecular weight is 241 g/mol. The Morgan fingerprint density at radius 2 is 2.00 bits per heavy atom. The van der Waals surface area contributed by atoms with E-state index in [1.54, 1.807) is 17.8 Å². The summed E-state index contributed by atoms with van der Waals surface area (Å²) in [6.07, 6.45) is 2.02. The largest absolute Gasteiger partial charge is 0.310 e. The van der Waals surface area contributed by atoms with Crippen molar-refractivity contribution in [3.05, 3.63) is 29.6 Å². The van der Waals surface area contributed by atoms with Crippen LogP contribution in [0.3, 0.4) is 0 Å². The molecule has 1 aromatic carbocycles. The molecule has 1 atom stereocenters. The molecule has 0 spiro atoms. The van der Waals surface area contributed by atoms with Crippen LogP contribution in [0.1, 0.15) is 26.3 Å². The Morgan fingerprint density at radius 1 is 1.31 bits per heavy atom. The van der Waals surface area contributed by atoms with Gasteiger partial charge in [0.1, 0.15) is 5.82 Å². The smallest absolute Gasteiger partial charge is 0.123 e. The van der Waals surface area contributed by atoms with Crippen LogP contribution in [-0.2, 0) is 6.54 Å². The van der Waals surface area contributed by atoms with Gasteiger partial charge < -0.3 is 5.32 Å². The number of hydrogen-bond acceptors (Lipinski definition) is 2. The molecule has 90 valence electrons. The van der Waals surface area contributed by atoms with Crippen molar-refractivity contribution >= 4 is 11.8 Å². The fourth-order valence-electron chi connectivity index (χ4n) is 1.39. The van der Waals surface area contributed by atoms with E-state index in [1.165, 1.54) is 6.07 Å². The highest BCUT2D eigenvalue weighted by Crippen LogP contribution is 2.21. The molecule has 1 N–H and O–H groups in total. The number of nitrogens with one attached hydrogen (secondary N) is 1. The molecule has 0 amide bonds. The van der Waals surface area contributed by atoms with Crippen LogP contribution in [0.25, 0.3) is 0 Å². The number of thioether (sulfide) groups is 1. The fraction of sp³-hybridized carbons (Fsp3) is 0.538. The maximum atomic E-state index is 13.1. The monoisotopic (exact) mass is 241 g/mol. The minimum atomic E-state index is -0.160.